The van der Waals surface area contributed by atoms with Crippen LogP contribution in [0.2, 0.25) is 0 Å². The predicted octanol–water partition coefficient (Wildman–Crippen LogP) is 3.45. The summed E-state index contributed by atoms with van der Waals surface area (Å²) in [4.78, 5) is 42.7. The number of carboxylic acid groups (broad SMARTS) is 4. The van der Waals surface area contributed by atoms with E-state index in [-0.39, 0.29) is 22.3 Å². The van der Waals surface area contributed by atoms with Crippen LogP contribution in [-0.4, -0.2) is 44.3 Å². The van der Waals surface area contributed by atoms with Crippen LogP contribution in [0.4, 0.5) is 0 Å². The van der Waals surface area contributed by atoms with Gasteiger partial charge in [0.1, 0.15) is 0 Å². The summed E-state index contributed by atoms with van der Waals surface area (Å²) in [6.07, 6.45) is 2.91. The summed E-state index contributed by atoms with van der Waals surface area (Å²) < 4.78 is 0. The molecule has 0 aromatic heterocycles. The lowest BCUT2D eigenvalue weighted by Gasteiger charge is -2.02. The fourth-order valence-corrected chi connectivity index (χ4v) is 2.10. The zero-order chi connectivity index (χ0) is 21.4. The Kier molecular flexibility index (Phi) is 7.40. The van der Waals surface area contributed by atoms with Crippen LogP contribution in [0.25, 0.3) is 12.2 Å². The topological polar surface area (TPSA) is 149 Å². The largest absolute Gasteiger partial charge is 0.478 e. The Morgan fingerprint density at radius 1 is 0.571 bits per heavy atom. The first-order valence-corrected chi connectivity index (χ1v) is 7.58. The Morgan fingerprint density at radius 2 is 0.857 bits per heavy atom. The Hall–Kier alpha value is -4.20. The van der Waals surface area contributed by atoms with Crippen LogP contribution in [-0.2, 0) is 0 Å². The Morgan fingerprint density at radius 3 is 1.07 bits per heavy atom. The number of carboxylic acids is 4. The van der Waals surface area contributed by atoms with Crippen molar-refractivity contribution >= 4 is 36.0 Å². The maximum absolute atomic E-state index is 10.7. The molecule has 2 aromatic carbocycles. The minimum absolute atomic E-state index is 0.219. The third-order valence-corrected chi connectivity index (χ3v) is 3.48. The van der Waals surface area contributed by atoms with Crippen LogP contribution < -0.4 is 0 Å². The summed E-state index contributed by atoms with van der Waals surface area (Å²) in [7, 11) is 0. The Balaban J connectivity index is 0.000000280. The van der Waals surface area contributed by atoms with E-state index in [1.807, 2.05) is 0 Å². The Labute approximate surface area is 159 Å². The van der Waals surface area contributed by atoms with Gasteiger partial charge in [-0.2, -0.15) is 0 Å². The van der Waals surface area contributed by atoms with E-state index in [1.165, 1.54) is 48.6 Å². The molecule has 28 heavy (non-hydrogen) atoms. The molecule has 8 nitrogen and oxygen atoms in total. The van der Waals surface area contributed by atoms with E-state index in [0.29, 0.717) is 11.1 Å². The average molecular weight is 384 g/mol. The summed E-state index contributed by atoms with van der Waals surface area (Å²) in [5.41, 5.74) is 0.260. The summed E-state index contributed by atoms with van der Waals surface area (Å²) in [6, 6.07) is 8.06. The third kappa shape index (κ3) is 5.40. The van der Waals surface area contributed by atoms with Gasteiger partial charge in [-0.25, -0.2) is 19.2 Å². The van der Waals surface area contributed by atoms with Gasteiger partial charge in [-0.15, -0.1) is 0 Å². The fourth-order valence-electron chi connectivity index (χ4n) is 2.10. The van der Waals surface area contributed by atoms with Crippen LogP contribution in [0.3, 0.4) is 0 Å². The maximum atomic E-state index is 10.7. The van der Waals surface area contributed by atoms with Gasteiger partial charge in [-0.05, 0) is 35.4 Å². The van der Waals surface area contributed by atoms with Gasteiger partial charge in [0.25, 0.3) is 0 Å². The standard InChI is InChI=1S/2C10H8O4/c2*1-2-6-3-4-7(9(11)12)8(5-6)10(13)14/h2*2-5H,1H2,(H,11,12)(H,13,14). The second-order valence-electron chi connectivity index (χ2n) is 5.24. The van der Waals surface area contributed by atoms with E-state index in [0.717, 1.165) is 0 Å². The summed E-state index contributed by atoms with van der Waals surface area (Å²) in [5, 5.41) is 34.9. The molecule has 0 heterocycles. The van der Waals surface area contributed by atoms with Gasteiger partial charge in [0, 0.05) is 0 Å². The lowest BCUT2D eigenvalue weighted by Crippen LogP contribution is -2.07. The highest BCUT2D eigenvalue weighted by Gasteiger charge is 2.16. The quantitative estimate of drug-likeness (QED) is 0.591. The number of hydrogen-bond acceptors (Lipinski definition) is 4. The molecule has 8 heteroatoms. The molecule has 2 rings (SSSR count). The van der Waals surface area contributed by atoms with E-state index in [1.54, 1.807) is 0 Å². The van der Waals surface area contributed by atoms with Gasteiger partial charge >= 0.3 is 23.9 Å². The minimum Gasteiger partial charge on any atom is -0.478 e. The molecule has 0 atom stereocenters. The average Bonchev–Trinajstić information content (AvgIpc) is 2.67. The number of rotatable bonds is 6. The highest BCUT2D eigenvalue weighted by atomic mass is 16.4. The smallest absolute Gasteiger partial charge is 0.336 e. The van der Waals surface area contributed by atoms with E-state index in [9.17, 15) is 19.2 Å². The fraction of sp³-hybridized carbons (Fsp3) is 0. The molecule has 0 bridgehead atoms. The first-order valence-electron chi connectivity index (χ1n) is 7.58. The van der Waals surface area contributed by atoms with E-state index >= 15 is 0 Å². The normalized spacial score (nSPS) is 9.43. The van der Waals surface area contributed by atoms with E-state index < -0.39 is 23.9 Å². The highest BCUT2D eigenvalue weighted by Crippen LogP contribution is 2.14. The first-order chi connectivity index (χ1) is 13.1. The molecule has 0 aliphatic heterocycles. The van der Waals surface area contributed by atoms with Crippen LogP contribution in [0.15, 0.2) is 49.6 Å². The molecule has 0 amide bonds. The number of aromatic carboxylic acids is 4. The van der Waals surface area contributed by atoms with E-state index in [2.05, 4.69) is 13.2 Å². The molecule has 0 unspecified atom stereocenters. The molecule has 0 saturated heterocycles. The highest BCUT2D eigenvalue weighted by molar-refractivity contribution is 6.02. The summed E-state index contributed by atoms with van der Waals surface area (Å²) in [6.45, 7) is 6.93. The van der Waals surface area contributed by atoms with Gasteiger partial charge in [0.15, 0.2) is 0 Å². The zero-order valence-corrected chi connectivity index (χ0v) is 14.5. The number of hydrogen-bond donors (Lipinski definition) is 4. The first kappa shape index (κ1) is 21.8. The molecule has 4 N–H and O–H groups in total. The Bertz CT molecular complexity index is 893. The SMILES string of the molecule is C=Cc1ccc(C(=O)O)c(C(=O)O)c1.C=Cc1ccc(C(=O)O)c(C(=O)O)c1. The molecule has 0 radical (unpaired) electrons. The monoisotopic (exact) mass is 384 g/mol. The van der Waals surface area contributed by atoms with Crippen molar-refractivity contribution in [1.82, 2.24) is 0 Å². The third-order valence-electron chi connectivity index (χ3n) is 3.48. The van der Waals surface area contributed by atoms with Crippen LogP contribution >= 0.6 is 0 Å². The zero-order valence-electron chi connectivity index (χ0n) is 14.5. The van der Waals surface area contributed by atoms with E-state index in [4.69, 9.17) is 20.4 Å². The molecular weight excluding hydrogens is 368 g/mol. The molecule has 0 aliphatic carbocycles. The summed E-state index contributed by atoms with van der Waals surface area (Å²) >= 11 is 0. The van der Waals surface area contributed by atoms with Gasteiger partial charge in [-0.1, -0.05) is 37.4 Å². The molecular formula is C20H16O8. The van der Waals surface area contributed by atoms with Crippen LogP contribution in [0.1, 0.15) is 52.6 Å². The predicted molar refractivity (Wildman–Crippen MR) is 101 cm³/mol. The van der Waals surface area contributed by atoms with Crippen molar-refractivity contribution in [2.24, 2.45) is 0 Å². The van der Waals surface area contributed by atoms with Crippen LogP contribution in [0.5, 0.6) is 0 Å². The summed E-state index contributed by atoms with van der Waals surface area (Å²) in [5.74, 6) is -5.02. The molecule has 2 aromatic rings. The molecule has 0 spiro atoms. The molecule has 144 valence electrons. The second-order valence-corrected chi connectivity index (χ2v) is 5.24. The second kappa shape index (κ2) is 9.48. The van der Waals surface area contributed by atoms with Crippen LogP contribution in [0, 0.1) is 0 Å². The van der Waals surface area contributed by atoms with Gasteiger partial charge in [-0.3, -0.25) is 0 Å². The number of benzene rings is 2. The van der Waals surface area contributed by atoms with Crippen molar-refractivity contribution in [3.8, 4) is 0 Å². The van der Waals surface area contributed by atoms with Crippen molar-refractivity contribution in [3.05, 3.63) is 82.9 Å². The van der Waals surface area contributed by atoms with Crippen molar-refractivity contribution in [1.29, 1.82) is 0 Å². The van der Waals surface area contributed by atoms with Crippen molar-refractivity contribution in [2.45, 2.75) is 0 Å². The number of carbonyl (C=O) groups is 4. The lowest BCUT2D eigenvalue weighted by atomic mass is 10.0. The van der Waals surface area contributed by atoms with Crippen molar-refractivity contribution in [3.63, 3.8) is 0 Å². The minimum atomic E-state index is -1.26. The molecule has 0 aliphatic rings. The van der Waals surface area contributed by atoms with Gasteiger partial charge in [0.2, 0.25) is 0 Å². The lowest BCUT2D eigenvalue weighted by molar-refractivity contribution is 0.0651. The van der Waals surface area contributed by atoms with Gasteiger partial charge in [0.05, 0.1) is 22.3 Å². The maximum Gasteiger partial charge on any atom is 0.336 e. The molecule has 0 saturated carbocycles. The van der Waals surface area contributed by atoms with Gasteiger partial charge < -0.3 is 20.4 Å². The molecule has 0 fully saturated rings. The van der Waals surface area contributed by atoms with Crippen molar-refractivity contribution < 1.29 is 39.6 Å². The van der Waals surface area contributed by atoms with Crippen molar-refractivity contribution in [2.75, 3.05) is 0 Å².